The van der Waals surface area contributed by atoms with Crippen molar-refractivity contribution in [1.29, 1.82) is 0 Å². The van der Waals surface area contributed by atoms with E-state index in [2.05, 4.69) is 25.5 Å². The van der Waals surface area contributed by atoms with Gasteiger partial charge in [-0.15, -0.1) is 0 Å². The average Bonchev–Trinajstić information content (AvgIpc) is 2.66. The molecule has 7 heteroatoms. The Balaban J connectivity index is 1.74. The molecule has 2 aromatic heterocycles. The Morgan fingerprint density at radius 3 is 2.68 bits per heavy atom. The average molecular weight is 377 g/mol. The van der Waals surface area contributed by atoms with Crippen LogP contribution in [0.25, 0.3) is 11.3 Å². The number of carbonyl (C=O) groups excluding carboxylic acids is 1. The molecule has 0 saturated heterocycles. The van der Waals surface area contributed by atoms with Crippen LogP contribution < -0.4 is 5.32 Å². The molecule has 0 aliphatic heterocycles. The zero-order valence-corrected chi connectivity index (χ0v) is 16.3. The highest BCUT2D eigenvalue weighted by Gasteiger charge is 2.08. The highest BCUT2D eigenvalue weighted by atomic mass is 16.5. The molecule has 7 nitrogen and oxygen atoms in total. The third-order valence-corrected chi connectivity index (χ3v) is 4.03. The van der Waals surface area contributed by atoms with E-state index < -0.39 is 0 Å². The summed E-state index contributed by atoms with van der Waals surface area (Å²) in [4.78, 5) is 20.1. The molecule has 0 spiro atoms. The van der Waals surface area contributed by atoms with Crippen molar-refractivity contribution in [3.8, 4) is 11.3 Å². The second-order valence-corrected chi connectivity index (χ2v) is 6.45. The third-order valence-electron chi connectivity index (χ3n) is 4.03. The van der Waals surface area contributed by atoms with E-state index >= 15 is 0 Å². The molecule has 0 unspecified atom stereocenters. The monoisotopic (exact) mass is 377 g/mol. The summed E-state index contributed by atoms with van der Waals surface area (Å²) in [5.74, 6) is 0.332. The lowest BCUT2D eigenvalue weighted by Crippen LogP contribution is -2.06. The molecule has 144 valence electrons. The summed E-state index contributed by atoms with van der Waals surface area (Å²) in [6, 6.07) is 11.7. The first-order valence-corrected chi connectivity index (χ1v) is 9.20. The number of hydrogen-bond donors (Lipinski definition) is 1. The molecule has 0 bridgehead atoms. The molecule has 0 fully saturated rings. The van der Waals surface area contributed by atoms with Crippen molar-refractivity contribution in [2.75, 3.05) is 11.9 Å². The SMILES string of the molecule is CCOC(=O)CCc1ccc(-c2cc(C)cc(Nc3nccc(C)n3)c2)nn1. The minimum atomic E-state index is -0.221. The zero-order chi connectivity index (χ0) is 19.9. The van der Waals surface area contributed by atoms with E-state index in [9.17, 15) is 4.79 Å². The topological polar surface area (TPSA) is 89.9 Å². The first kappa shape index (κ1) is 19.4. The van der Waals surface area contributed by atoms with Gasteiger partial charge in [-0.2, -0.15) is 10.2 Å². The van der Waals surface area contributed by atoms with Crippen LogP contribution in [0.5, 0.6) is 0 Å². The Morgan fingerprint density at radius 1 is 1.11 bits per heavy atom. The molecule has 3 rings (SSSR count). The number of carbonyl (C=O) groups is 1. The number of nitrogens with zero attached hydrogens (tertiary/aromatic N) is 4. The fourth-order valence-corrected chi connectivity index (χ4v) is 2.75. The van der Waals surface area contributed by atoms with Crippen LogP contribution in [-0.2, 0) is 16.0 Å². The molecule has 2 heterocycles. The maximum atomic E-state index is 11.5. The van der Waals surface area contributed by atoms with Gasteiger partial charge in [0.2, 0.25) is 5.95 Å². The van der Waals surface area contributed by atoms with Crippen molar-refractivity contribution in [2.24, 2.45) is 0 Å². The predicted octanol–water partition coefficient (Wildman–Crippen LogP) is 3.79. The predicted molar refractivity (Wildman–Crippen MR) is 107 cm³/mol. The second-order valence-electron chi connectivity index (χ2n) is 6.45. The number of rotatable bonds is 7. The molecule has 0 atom stereocenters. The highest BCUT2D eigenvalue weighted by Crippen LogP contribution is 2.24. The molecule has 0 radical (unpaired) electrons. The Bertz CT molecular complexity index is 957. The highest BCUT2D eigenvalue weighted by molar-refractivity contribution is 5.70. The smallest absolute Gasteiger partial charge is 0.306 e. The Labute approximate surface area is 164 Å². The van der Waals surface area contributed by atoms with E-state index in [-0.39, 0.29) is 5.97 Å². The lowest BCUT2D eigenvalue weighted by atomic mass is 10.1. The molecule has 1 aromatic carbocycles. The van der Waals surface area contributed by atoms with Gasteiger partial charge in [0.1, 0.15) is 0 Å². The van der Waals surface area contributed by atoms with Gasteiger partial charge in [-0.25, -0.2) is 9.97 Å². The standard InChI is InChI=1S/C21H23N5O2/c1-4-28-20(27)8-6-17-5-7-19(26-25-17)16-11-14(2)12-18(13-16)24-21-22-10-9-15(3)23-21/h5,7,9-13H,4,6,8H2,1-3H3,(H,22,23,24). The lowest BCUT2D eigenvalue weighted by molar-refractivity contribution is -0.143. The van der Waals surface area contributed by atoms with Gasteiger partial charge < -0.3 is 10.1 Å². The van der Waals surface area contributed by atoms with Gasteiger partial charge in [-0.1, -0.05) is 0 Å². The quantitative estimate of drug-likeness (QED) is 0.627. The van der Waals surface area contributed by atoms with Crippen molar-refractivity contribution < 1.29 is 9.53 Å². The van der Waals surface area contributed by atoms with E-state index in [1.54, 1.807) is 13.1 Å². The number of hydrogen-bond acceptors (Lipinski definition) is 7. The van der Waals surface area contributed by atoms with Gasteiger partial charge >= 0.3 is 5.97 Å². The summed E-state index contributed by atoms with van der Waals surface area (Å²) in [5.41, 5.74) is 5.33. The van der Waals surface area contributed by atoms with Crippen LogP contribution in [0.15, 0.2) is 42.6 Å². The molecule has 0 saturated carbocycles. The van der Waals surface area contributed by atoms with Gasteiger partial charge in [0, 0.05) is 29.6 Å². The maximum Gasteiger partial charge on any atom is 0.306 e. The number of ether oxygens (including phenoxy) is 1. The molecule has 1 N–H and O–H groups in total. The second kappa shape index (κ2) is 9.03. The van der Waals surface area contributed by atoms with Gasteiger partial charge in [0.25, 0.3) is 0 Å². The van der Waals surface area contributed by atoms with Crippen LogP contribution in [0.4, 0.5) is 11.6 Å². The van der Waals surface area contributed by atoms with Gasteiger partial charge in [-0.3, -0.25) is 4.79 Å². The largest absolute Gasteiger partial charge is 0.466 e. The first-order chi connectivity index (χ1) is 13.5. The van der Waals surface area contributed by atoms with E-state index in [1.807, 2.05) is 50.2 Å². The third kappa shape index (κ3) is 5.33. The summed E-state index contributed by atoms with van der Waals surface area (Å²) >= 11 is 0. The summed E-state index contributed by atoms with van der Waals surface area (Å²) in [5, 5.41) is 11.8. The number of esters is 1. The van der Waals surface area contributed by atoms with E-state index in [4.69, 9.17) is 4.74 Å². The lowest BCUT2D eigenvalue weighted by Gasteiger charge is -2.09. The fraction of sp³-hybridized carbons (Fsp3) is 0.286. The van der Waals surface area contributed by atoms with E-state index in [1.165, 1.54) is 0 Å². The fourth-order valence-electron chi connectivity index (χ4n) is 2.75. The van der Waals surface area contributed by atoms with Crippen molar-refractivity contribution in [1.82, 2.24) is 20.2 Å². The number of anilines is 2. The molecule has 3 aromatic rings. The van der Waals surface area contributed by atoms with Crippen LogP contribution in [-0.4, -0.2) is 32.7 Å². The minimum Gasteiger partial charge on any atom is -0.466 e. The van der Waals surface area contributed by atoms with Crippen molar-refractivity contribution in [3.63, 3.8) is 0 Å². The Morgan fingerprint density at radius 2 is 1.96 bits per heavy atom. The Hall–Kier alpha value is -3.35. The van der Waals surface area contributed by atoms with Crippen LogP contribution in [0.3, 0.4) is 0 Å². The van der Waals surface area contributed by atoms with Gasteiger partial charge in [0.15, 0.2) is 0 Å². The number of benzene rings is 1. The number of aryl methyl sites for hydroxylation is 3. The number of nitrogens with one attached hydrogen (secondary N) is 1. The molecular formula is C21H23N5O2. The van der Waals surface area contributed by atoms with Crippen molar-refractivity contribution >= 4 is 17.6 Å². The molecular weight excluding hydrogens is 354 g/mol. The molecule has 28 heavy (non-hydrogen) atoms. The minimum absolute atomic E-state index is 0.221. The summed E-state index contributed by atoms with van der Waals surface area (Å²) in [7, 11) is 0. The van der Waals surface area contributed by atoms with Crippen LogP contribution in [0.2, 0.25) is 0 Å². The van der Waals surface area contributed by atoms with Crippen LogP contribution in [0, 0.1) is 13.8 Å². The van der Waals surface area contributed by atoms with Gasteiger partial charge in [0.05, 0.1) is 24.4 Å². The molecule has 0 amide bonds. The summed E-state index contributed by atoms with van der Waals surface area (Å²) in [6.07, 6.45) is 2.54. The van der Waals surface area contributed by atoms with Gasteiger partial charge in [-0.05, 0) is 62.7 Å². The first-order valence-electron chi connectivity index (χ1n) is 9.20. The molecule has 0 aliphatic rings. The van der Waals surface area contributed by atoms with Crippen LogP contribution >= 0.6 is 0 Å². The van der Waals surface area contributed by atoms with E-state index in [0.29, 0.717) is 25.4 Å². The van der Waals surface area contributed by atoms with Crippen molar-refractivity contribution in [2.45, 2.75) is 33.6 Å². The van der Waals surface area contributed by atoms with E-state index in [0.717, 1.165) is 33.9 Å². The summed E-state index contributed by atoms with van der Waals surface area (Å²) < 4.78 is 4.93. The molecule has 0 aliphatic carbocycles. The van der Waals surface area contributed by atoms with Crippen molar-refractivity contribution in [3.05, 3.63) is 59.5 Å². The number of aromatic nitrogens is 4. The Kier molecular flexibility index (Phi) is 6.26. The maximum absolute atomic E-state index is 11.5. The normalized spacial score (nSPS) is 10.5. The summed E-state index contributed by atoms with van der Waals surface area (Å²) in [6.45, 7) is 6.13. The van der Waals surface area contributed by atoms with Crippen LogP contribution in [0.1, 0.15) is 30.3 Å². The zero-order valence-electron chi connectivity index (χ0n) is 16.3.